The van der Waals surface area contributed by atoms with Gasteiger partial charge in [0.05, 0.1) is 12.5 Å². The Morgan fingerprint density at radius 3 is 2.31 bits per heavy atom. The number of ether oxygens (including phenoxy) is 3. The standard InChI is InChI=1S/C36H43N3O5.ClH/c1-24-12-13-25(18-34(24)43-17-7-16-42-2)20-39(28-14-15-28)35(40)26-19-27(37)22-38(21-26)36(41)44-23-33-31-10-5-3-8-29(31)30-9-4-6-11-32(30)33;/h3-6,8-13,18,26-28,33H,7,14-17,19-23,37H2,1-2H3;1H/t26-,27+;/m0./s1. The fourth-order valence-electron chi connectivity index (χ4n) is 6.64. The van der Waals surface area contributed by atoms with E-state index in [1.54, 1.807) is 12.0 Å². The molecule has 9 heteroatoms. The van der Waals surface area contributed by atoms with E-state index < -0.39 is 6.09 Å². The molecular formula is C36H44ClN3O5. The molecule has 2 N–H and O–H groups in total. The van der Waals surface area contributed by atoms with E-state index in [9.17, 15) is 9.59 Å². The molecule has 0 spiro atoms. The number of fused-ring (bicyclic) bond motifs is 3. The summed E-state index contributed by atoms with van der Waals surface area (Å²) in [6.07, 6.45) is 2.94. The Kier molecular flexibility index (Phi) is 10.7. The molecule has 1 heterocycles. The summed E-state index contributed by atoms with van der Waals surface area (Å²) in [5.74, 6) is 0.510. The molecule has 3 aliphatic rings. The Bertz CT molecular complexity index is 1450. The van der Waals surface area contributed by atoms with E-state index in [1.165, 1.54) is 22.3 Å². The highest BCUT2D eigenvalue weighted by molar-refractivity contribution is 5.85. The van der Waals surface area contributed by atoms with Crippen LogP contribution in [-0.4, -0.2) is 73.9 Å². The van der Waals surface area contributed by atoms with Crippen molar-refractivity contribution < 1.29 is 23.8 Å². The highest BCUT2D eigenvalue weighted by Crippen LogP contribution is 2.44. The Labute approximate surface area is 272 Å². The number of likely N-dealkylation sites (tertiary alicyclic amines) is 1. The molecular weight excluding hydrogens is 590 g/mol. The van der Waals surface area contributed by atoms with Gasteiger partial charge in [0.1, 0.15) is 12.4 Å². The number of hydrogen-bond donors (Lipinski definition) is 1. The summed E-state index contributed by atoms with van der Waals surface area (Å²) in [5.41, 5.74) is 13.3. The molecule has 0 unspecified atom stereocenters. The number of carbonyl (C=O) groups is 2. The largest absolute Gasteiger partial charge is 0.493 e. The van der Waals surface area contributed by atoms with Crippen molar-refractivity contribution in [1.82, 2.24) is 9.80 Å². The Morgan fingerprint density at radius 1 is 0.956 bits per heavy atom. The van der Waals surface area contributed by atoms with E-state index in [0.29, 0.717) is 39.3 Å². The molecule has 8 nitrogen and oxygen atoms in total. The average Bonchev–Trinajstić information content (AvgIpc) is 3.83. The summed E-state index contributed by atoms with van der Waals surface area (Å²) in [7, 11) is 1.69. The highest BCUT2D eigenvalue weighted by atomic mass is 35.5. The molecule has 2 aliphatic carbocycles. The number of piperidine rings is 1. The zero-order valence-electron chi connectivity index (χ0n) is 26.2. The van der Waals surface area contributed by atoms with Crippen molar-refractivity contribution in [3.05, 3.63) is 89.0 Å². The van der Waals surface area contributed by atoms with Gasteiger partial charge in [-0.2, -0.15) is 0 Å². The quantitative estimate of drug-likeness (QED) is 0.264. The van der Waals surface area contributed by atoms with E-state index in [2.05, 4.69) is 30.3 Å². The van der Waals surface area contributed by atoms with Crippen LogP contribution >= 0.6 is 12.4 Å². The Morgan fingerprint density at radius 2 is 1.64 bits per heavy atom. The first-order valence-corrected chi connectivity index (χ1v) is 15.8. The number of nitrogens with two attached hydrogens (primary N) is 1. The van der Waals surface area contributed by atoms with Crippen molar-refractivity contribution in [2.24, 2.45) is 11.7 Å². The normalized spacial score (nSPS) is 18.9. The van der Waals surface area contributed by atoms with Gasteiger partial charge in [0.2, 0.25) is 5.91 Å². The number of aryl methyl sites for hydroxylation is 1. The second kappa shape index (κ2) is 14.7. The van der Waals surface area contributed by atoms with Crippen LogP contribution in [-0.2, 0) is 20.8 Å². The van der Waals surface area contributed by atoms with Gasteiger partial charge in [0, 0.05) is 57.8 Å². The number of benzene rings is 3. The van der Waals surface area contributed by atoms with Crippen molar-refractivity contribution in [2.75, 3.05) is 40.0 Å². The first kappa shape index (κ1) is 32.8. The maximum atomic E-state index is 14.0. The van der Waals surface area contributed by atoms with Crippen LogP contribution in [0.3, 0.4) is 0 Å². The SMILES string of the molecule is COCCCOc1cc(CN(C(=O)[C@H]2C[C@@H](N)CN(C(=O)OCC3c4ccccc4-c4ccccc43)C2)C2CC2)ccc1C.Cl. The number of carbonyl (C=O) groups excluding carboxylic acids is 2. The van der Waals surface area contributed by atoms with E-state index in [1.807, 2.05) is 48.2 Å². The zero-order valence-corrected chi connectivity index (χ0v) is 27.0. The van der Waals surface area contributed by atoms with Gasteiger partial charge in [0.25, 0.3) is 0 Å². The number of rotatable bonds is 11. The van der Waals surface area contributed by atoms with Crippen molar-refractivity contribution in [3.63, 3.8) is 0 Å². The van der Waals surface area contributed by atoms with Crippen LogP contribution in [0.25, 0.3) is 11.1 Å². The monoisotopic (exact) mass is 633 g/mol. The molecule has 45 heavy (non-hydrogen) atoms. The zero-order chi connectivity index (χ0) is 30.6. The fraction of sp³-hybridized carbons (Fsp3) is 0.444. The highest BCUT2D eigenvalue weighted by Gasteiger charge is 2.40. The maximum absolute atomic E-state index is 14.0. The van der Waals surface area contributed by atoms with Crippen LogP contribution < -0.4 is 10.5 Å². The first-order chi connectivity index (χ1) is 21.4. The summed E-state index contributed by atoms with van der Waals surface area (Å²) >= 11 is 0. The molecule has 1 aliphatic heterocycles. The molecule has 2 atom stereocenters. The van der Waals surface area contributed by atoms with Gasteiger partial charge >= 0.3 is 6.09 Å². The van der Waals surface area contributed by atoms with E-state index in [4.69, 9.17) is 19.9 Å². The summed E-state index contributed by atoms with van der Waals surface area (Å²) < 4.78 is 17.1. The maximum Gasteiger partial charge on any atom is 0.409 e. The van der Waals surface area contributed by atoms with E-state index in [-0.39, 0.29) is 48.8 Å². The lowest BCUT2D eigenvalue weighted by Crippen LogP contribution is -2.54. The lowest BCUT2D eigenvalue weighted by atomic mass is 9.93. The molecule has 2 amide bonds. The van der Waals surface area contributed by atoms with Crippen LogP contribution in [0.2, 0.25) is 0 Å². The van der Waals surface area contributed by atoms with Crippen molar-refractivity contribution in [2.45, 2.75) is 57.2 Å². The molecule has 6 rings (SSSR count). The lowest BCUT2D eigenvalue weighted by molar-refractivity contribution is -0.138. The minimum Gasteiger partial charge on any atom is -0.493 e. The van der Waals surface area contributed by atoms with Gasteiger partial charge in [-0.3, -0.25) is 4.79 Å². The van der Waals surface area contributed by atoms with Gasteiger partial charge in [-0.05, 0) is 65.6 Å². The fourth-order valence-corrected chi connectivity index (χ4v) is 6.64. The molecule has 1 saturated carbocycles. The average molecular weight is 634 g/mol. The number of nitrogens with zero attached hydrogens (tertiary/aromatic N) is 2. The third kappa shape index (κ3) is 7.46. The summed E-state index contributed by atoms with van der Waals surface area (Å²) in [4.78, 5) is 31.0. The van der Waals surface area contributed by atoms with Gasteiger partial charge < -0.3 is 29.7 Å². The molecule has 0 aromatic heterocycles. The minimum atomic E-state index is -0.411. The summed E-state index contributed by atoms with van der Waals surface area (Å²) in [6.45, 7) is 4.71. The van der Waals surface area contributed by atoms with Crippen molar-refractivity contribution in [1.29, 1.82) is 0 Å². The second-order valence-electron chi connectivity index (χ2n) is 12.4. The number of hydrogen-bond acceptors (Lipinski definition) is 6. The molecule has 1 saturated heterocycles. The minimum absolute atomic E-state index is 0. The number of halogens is 1. The van der Waals surface area contributed by atoms with E-state index in [0.717, 1.165) is 36.1 Å². The summed E-state index contributed by atoms with van der Waals surface area (Å²) in [6, 6.07) is 22.7. The van der Waals surface area contributed by atoms with Crippen LogP contribution in [0, 0.1) is 12.8 Å². The molecule has 3 aromatic carbocycles. The van der Waals surface area contributed by atoms with Gasteiger partial charge in [-0.15, -0.1) is 12.4 Å². The van der Waals surface area contributed by atoms with Crippen LogP contribution in [0.1, 0.15) is 53.9 Å². The topological polar surface area (TPSA) is 94.3 Å². The second-order valence-corrected chi connectivity index (χ2v) is 12.4. The van der Waals surface area contributed by atoms with Gasteiger partial charge in [-0.1, -0.05) is 60.7 Å². The summed E-state index contributed by atoms with van der Waals surface area (Å²) in [5, 5.41) is 0. The third-order valence-electron chi connectivity index (χ3n) is 9.05. The smallest absolute Gasteiger partial charge is 0.409 e. The van der Waals surface area contributed by atoms with Crippen LogP contribution in [0.5, 0.6) is 5.75 Å². The van der Waals surface area contributed by atoms with E-state index >= 15 is 0 Å². The lowest BCUT2D eigenvalue weighted by Gasteiger charge is -2.37. The van der Waals surface area contributed by atoms with Crippen molar-refractivity contribution in [3.8, 4) is 16.9 Å². The molecule has 0 bridgehead atoms. The predicted octanol–water partition coefficient (Wildman–Crippen LogP) is 5.92. The van der Waals surface area contributed by atoms with Gasteiger partial charge in [-0.25, -0.2) is 4.79 Å². The Balaban J connectivity index is 0.00000400. The molecule has 2 fully saturated rings. The Hall–Kier alpha value is -3.59. The number of amides is 2. The van der Waals surface area contributed by atoms with Crippen LogP contribution in [0.15, 0.2) is 66.7 Å². The number of methoxy groups -OCH3 is 1. The first-order valence-electron chi connectivity index (χ1n) is 15.8. The van der Waals surface area contributed by atoms with Crippen molar-refractivity contribution >= 4 is 24.4 Å². The molecule has 240 valence electrons. The molecule has 0 radical (unpaired) electrons. The molecule has 3 aromatic rings. The predicted molar refractivity (Wildman–Crippen MR) is 177 cm³/mol. The third-order valence-corrected chi connectivity index (χ3v) is 9.05. The van der Waals surface area contributed by atoms with Gasteiger partial charge in [0.15, 0.2) is 0 Å². The van der Waals surface area contributed by atoms with Crippen LogP contribution in [0.4, 0.5) is 4.79 Å².